The average Bonchev–Trinajstić information content (AvgIpc) is 2.83. The van der Waals surface area contributed by atoms with Gasteiger partial charge in [-0.3, -0.25) is 10.2 Å². The van der Waals surface area contributed by atoms with Crippen LogP contribution in [0.15, 0.2) is 66.7 Å². The van der Waals surface area contributed by atoms with Gasteiger partial charge in [-0.25, -0.2) is 4.79 Å². The quantitative estimate of drug-likeness (QED) is 0.162. The molecular formula is C25H25N3O7S. The van der Waals surface area contributed by atoms with Gasteiger partial charge in [-0.2, -0.15) is 8.42 Å². The summed E-state index contributed by atoms with van der Waals surface area (Å²) in [6.07, 6.45) is 0.774. The predicted molar refractivity (Wildman–Crippen MR) is 135 cm³/mol. The largest absolute Gasteiger partial charge is 0.491 e. The number of nitrogens with two attached hydrogens (primary N) is 1. The highest BCUT2D eigenvalue weighted by molar-refractivity contribution is 7.86. The molecule has 0 fully saturated rings. The zero-order valence-electron chi connectivity index (χ0n) is 19.6. The smallest absolute Gasteiger partial charge is 0.354 e. The second kappa shape index (κ2) is 11.5. The number of nitrogen functional groups attached to an aromatic ring is 1. The van der Waals surface area contributed by atoms with Crippen molar-refractivity contribution in [2.45, 2.75) is 0 Å². The highest BCUT2D eigenvalue weighted by atomic mass is 32.2. The van der Waals surface area contributed by atoms with E-state index in [1.165, 1.54) is 19.2 Å². The number of amidine groups is 1. The molecule has 0 aliphatic rings. The minimum absolute atomic E-state index is 0.0316. The molecule has 0 atom stereocenters. The Morgan fingerprint density at radius 2 is 1.61 bits per heavy atom. The Morgan fingerprint density at radius 1 is 0.944 bits per heavy atom. The molecule has 0 aliphatic heterocycles. The number of carbonyl (C=O) groups excluding carboxylic acids is 2. The maximum Gasteiger partial charge on any atom is 0.354 e. The number of rotatable bonds is 10. The van der Waals surface area contributed by atoms with Crippen LogP contribution in [-0.4, -0.2) is 52.7 Å². The van der Waals surface area contributed by atoms with Gasteiger partial charge >= 0.3 is 16.1 Å². The van der Waals surface area contributed by atoms with Gasteiger partial charge in [0.25, 0.3) is 5.91 Å². The number of anilines is 1. The van der Waals surface area contributed by atoms with Crippen LogP contribution < -0.4 is 15.8 Å². The number of carbonyl (C=O) groups is 2. The highest BCUT2D eigenvalue weighted by Gasteiger charge is 2.22. The van der Waals surface area contributed by atoms with Gasteiger partial charge in [-0.15, -0.1) is 0 Å². The molecule has 0 saturated carbocycles. The van der Waals surface area contributed by atoms with Crippen molar-refractivity contribution in [3.8, 4) is 16.9 Å². The molecule has 0 unspecified atom stereocenters. The number of amides is 1. The summed E-state index contributed by atoms with van der Waals surface area (Å²) in [6, 6.07) is 17.3. The molecule has 1 amide bonds. The molecule has 36 heavy (non-hydrogen) atoms. The summed E-state index contributed by atoms with van der Waals surface area (Å²) in [5.41, 5.74) is 7.22. The Balaban J connectivity index is 2.04. The van der Waals surface area contributed by atoms with Crippen LogP contribution in [0.2, 0.25) is 0 Å². The summed E-state index contributed by atoms with van der Waals surface area (Å²) < 4.78 is 38.3. The lowest BCUT2D eigenvalue weighted by atomic mass is 9.94. The fourth-order valence-corrected chi connectivity index (χ4v) is 3.65. The Kier molecular flexibility index (Phi) is 8.41. The van der Waals surface area contributed by atoms with Gasteiger partial charge in [0.15, 0.2) is 0 Å². The van der Waals surface area contributed by atoms with Crippen LogP contribution in [0.5, 0.6) is 5.75 Å². The molecule has 10 nitrogen and oxygen atoms in total. The third kappa shape index (κ3) is 6.90. The van der Waals surface area contributed by atoms with E-state index in [2.05, 4.69) is 9.50 Å². The van der Waals surface area contributed by atoms with Gasteiger partial charge in [-0.05, 0) is 59.7 Å². The first-order valence-corrected chi connectivity index (χ1v) is 12.5. The Labute approximate surface area is 208 Å². The first kappa shape index (κ1) is 26.4. The number of hydrogen-bond donors (Lipinski definition) is 3. The van der Waals surface area contributed by atoms with Crippen molar-refractivity contribution in [1.29, 1.82) is 5.41 Å². The maximum atomic E-state index is 13.3. The second-order valence-electron chi connectivity index (χ2n) is 7.61. The van der Waals surface area contributed by atoms with E-state index in [0.717, 1.165) is 6.26 Å². The lowest BCUT2D eigenvalue weighted by Crippen LogP contribution is -2.16. The van der Waals surface area contributed by atoms with Crippen molar-refractivity contribution in [3.63, 3.8) is 0 Å². The van der Waals surface area contributed by atoms with Crippen LogP contribution in [0.4, 0.5) is 5.69 Å². The standard InChI is InChI=1S/C25H25N3O7S/c1-33-13-14-34-18-11-12-20(19-5-3-4-6-21(19)25(30)35-36(2,31)32)22(15-18)24(29)28-17-9-7-16(8-10-17)23(26)27/h3-12,15H,13-14H2,1-2H3,(H3,26,27)(H,28,29). The van der Waals surface area contributed by atoms with Gasteiger partial charge in [0.2, 0.25) is 0 Å². The molecule has 4 N–H and O–H groups in total. The van der Waals surface area contributed by atoms with Gasteiger partial charge in [0.05, 0.1) is 24.0 Å². The predicted octanol–water partition coefficient (Wildman–Crippen LogP) is 3.03. The molecule has 0 radical (unpaired) electrons. The second-order valence-corrected chi connectivity index (χ2v) is 9.19. The first-order chi connectivity index (χ1) is 17.1. The van der Waals surface area contributed by atoms with Crippen molar-refractivity contribution in [3.05, 3.63) is 83.4 Å². The molecule has 3 aromatic rings. The topological polar surface area (TPSA) is 158 Å². The molecule has 0 spiro atoms. The number of methoxy groups -OCH3 is 1. The van der Waals surface area contributed by atoms with E-state index in [4.69, 9.17) is 20.6 Å². The number of ether oxygens (including phenoxy) is 2. The Bertz CT molecular complexity index is 1390. The summed E-state index contributed by atoms with van der Waals surface area (Å²) in [6.45, 7) is 0.590. The molecule has 188 valence electrons. The van der Waals surface area contributed by atoms with Crippen LogP contribution >= 0.6 is 0 Å². The van der Waals surface area contributed by atoms with Crippen LogP contribution in [0.25, 0.3) is 11.1 Å². The average molecular weight is 512 g/mol. The monoisotopic (exact) mass is 511 g/mol. The molecule has 0 saturated heterocycles. The summed E-state index contributed by atoms with van der Waals surface area (Å²) >= 11 is 0. The van der Waals surface area contributed by atoms with Gasteiger partial charge in [-0.1, -0.05) is 18.2 Å². The Hall–Kier alpha value is -4.22. The van der Waals surface area contributed by atoms with Crippen LogP contribution in [0, 0.1) is 5.41 Å². The van der Waals surface area contributed by atoms with E-state index in [1.54, 1.807) is 54.6 Å². The third-order valence-electron chi connectivity index (χ3n) is 4.91. The van der Waals surface area contributed by atoms with E-state index in [1.807, 2.05) is 0 Å². The fourth-order valence-electron chi connectivity index (χ4n) is 3.29. The summed E-state index contributed by atoms with van der Waals surface area (Å²) in [4.78, 5) is 25.9. The zero-order chi connectivity index (χ0) is 26.3. The SMILES string of the molecule is COCCOc1ccc(-c2ccccc2C(=O)OS(C)(=O)=O)c(C(=O)Nc2ccc(C(=N)N)cc2)c1. The molecule has 3 rings (SSSR count). The first-order valence-electron chi connectivity index (χ1n) is 10.6. The van der Waals surface area contributed by atoms with Gasteiger partial charge in [0, 0.05) is 18.4 Å². The molecular weight excluding hydrogens is 486 g/mol. The molecule has 3 aromatic carbocycles. The van der Waals surface area contributed by atoms with Crippen molar-refractivity contribution < 1.29 is 31.7 Å². The Morgan fingerprint density at radius 3 is 2.25 bits per heavy atom. The summed E-state index contributed by atoms with van der Waals surface area (Å²) in [5.74, 6) is -1.29. The third-order valence-corrected chi connectivity index (χ3v) is 5.36. The fraction of sp³-hybridized carbons (Fsp3) is 0.160. The molecule has 0 aliphatic carbocycles. The highest BCUT2D eigenvalue weighted by Crippen LogP contribution is 2.31. The normalized spacial score (nSPS) is 10.9. The lowest BCUT2D eigenvalue weighted by molar-refractivity contribution is 0.0748. The molecule has 0 heterocycles. The van der Waals surface area contributed by atoms with Crippen molar-refractivity contribution in [2.75, 3.05) is 31.9 Å². The van der Waals surface area contributed by atoms with Gasteiger partial charge in [0.1, 0.15) is 18.2 Å². The van der Waals surface area contributed by atoms with E-state index in [-0.39, 0.29) is 23.6 Å². The van der Waals surface area contributed by atoms with Crippen LogP contribution in [0.1, 0.15) is 26.3 Å². The van der Waals surface area contributed by atoms with Gasteiger partial charge < -0.3 is 24.7 Å². The maximum absolute atomic E-state index is 13.3. The number of hydrogen-bond acceptors (Lipinski definition) is 8. The van der Waals surface area contributed by atoms with E-state index < -0.39 is 22.0 Å². The van der Waals surface area contributed by atoms with Crippen molar-refractivity contribution in [1.82, 2.24) is 0 Å². The zero-order valence-corrected chi connectivity index (χ0v) is 20.4. The molecule has 11 heteroatoms. The van der Waals surface area contributed by atoms with Crippen molar-refractivity contribution in [2.24, 2.45) is 5.73 Å². The molecule has 0 aromatic heterocycles. The lowest BCUT2D eigenvalue weighted by Gasteiger charge is -2.15. The minimum Gasteiger partial charge on any atom is -0.491 e. The minimum atomic E-state index is -4.05. The molecule has 0 bridgehead atoms. The van der Waals surface area contributed by atoms with E-state index >= 15 is 0 Å². The summed E-state index contributed by atoms with van der Waals surface area (Å²) in [5, 5.41) is 10.3. The van der Waals surface area contributed by atoms with E-state index in [9.17, 15) is 18.0 Å². The number of nitrogens with one attached hydrogen (secondary N) is 2. The summed E-state index contributed by atoms with van der Waals surface area (Å²) in [7, 11) is -2.51. The van der Waals surface area contributed by atoms with Crippen LogP contribution in [0.3, 0.4) is 0 Å². The van der Waals surface area contributed by atoms with Crippen molar-refractivity contribution >= 4 is 33.5 Å². The number of benzene rings is 3. The van der Waals surface area contributed by atoms with Crippen LogP contribution in [-0.2, 0) is 19.0 Å². The van der Waals surface area contributed by atoms with E-state index in [0.29, 0.717) is 34.7 Å².